The van der Waals surface area contributed by atoms with E-state index in [0.717, 1.165) is 0 Å². The summed E-state index contributed by atoms with van der Waals surface area (Å²) in [5.41, 5.74) is 0. The van der Waals surface area contributed by atoms with Crippen molar-refractivity contribution in [2.24, 2.45) is 0 Å². The third kappa shape index (κ3) is 2.94. The van der Waals surface area contributed by atoms with E-state index in [1.165, 1.54) is 0 Å². The topological polar surface area (TPSA) is 22.3 Å². The number of halogens is 2. The van der Waals surface area contributed by atoms with Crippen LogP contribution in [0.15, 0.2) is 18.5 Å². The highest BCUT2D eigenvalue weighted by molar-refractivity contribution is 6.14. The molecule has 3 nitrogen and oxygen atoms in total. The van der Waals surface area contributed by atoms with Crippen molar-refractivity contribution in [3.05, 3.63) is 18.5 Å². The van der Waals surface area contributed by atoms with Gasteiger partial charge in [-0.25, -0.2) is 0 Å². The Morgan fingerprint density at radius 2 is 1.92 bits per heavy atom. The van der Waals surface area contributed by atoms with E-state index in [-0.39, 0.29) is 12.4 Å². The predicted molar refractivity (Wildman–Crippen MR) is 45.6 cm³/mol. The fourth-order valence-electron chi connectivity index (χ4n) is 0.899. The average Bonchev–Trinajstić information content (AvgIpc) is 2.16. The van der Waals surface area contributed by atoms with Crippen LogP contribution in [-0.4, -0.2) is 14.2 Å². The smallest absolute Gasteiger partial charge is 0.225 e. The minimum Gasteiger partial charge on any atom is -1.00 e. The molecule has 0 aliphatic carbocycles. The number of hydrogen-bond donors (Lipinski definition) is 0. The zero-order chi connectivity index (χ0) is 8.97. The number of aromatic nitrogens is 1. The standard InChI is InChI=1S/C8H11ClNO2.ClH/c1-11-7-3-4-10(6-9)5-8(7)12-2;/h3-5H,6H2,1-2H3;1H/q+1;/p-1. The van der Waals surface area contributed by atoms with Crippen LogP contribution in [0.3, 0.4) is 0 Å². The van der Waals surface area contributed by atoms with Gasteiger partial charge < -0.3 is 21.9 Å². The second-order valence-electron chi connectivity index (χ2n) is 2.22. The molecule has 0 aliphatic heterocycles. The molecule has 0 amide bonds. The van der Waals surface area contributed by atoms with Crippen LogP contribution >= 0.6 is 11.6 Å². The third-order valence-electron chi connectivity index (χ3n) is 1.52. The summed E-state index contributed by atoms with van der Waals surface area (Å²) in [7, 11) is 3.19. The fourth-order valence-corrected chi connectivity index (χ4v) is 1.05. The van der Waals surface area contributed by atoms with Crippen LogP contribution in [0.5, 0.6) is 11.5 Å². The second kappa shape index (κ2) is 5.89. The largest absolute Gasteiger partial charge is 1.00 e. The van der Waals surface area contributed by atoms with Crippen molar-refractivity contribution < 1.29 is 26.4 Å². The van der Waals surface area contributed by atoms with Gasteiger partial charge in [0.1, 0.15) is 0 Å². The molecule has 0 fully saturated rings. The molecule has 1 rings (SSSR count). The lowest BCUT2D eigenvalue weighted by molar-refractivity contribution is -0.678. The van der Waals surface area contributed by atoms with Crippen LogP contribution in [0.1, 0.15) is 0 Å². The maximum absolute atomic E-state index is 5.62. The Balaban J connectivity index is 0.00000144. The van der Waals surface area contributed by atoms with Gasteiger partial charge in [-0.1, -0.05) is 11.6 Å². The molecule has 1 heterocycles. The minimum atomic E-state index is 0. The van der Waals surface area contributed by atoms with Gasteiger partial charge in [0.05, 0.1) is 14.2 Å². The molecule has 0 atom stereocenters. The maximum Gasteiger partial charge on any atom is 0.225 e. The van der Waals surface area contributed by atoms with Crippen LogP contribution in [0.2, 0.25) is 0 Å². The number of hydrogen-bond acceptors (Lipinski definition) is 2. The van der Waals surface area contributed by atoms with Crippen molar-refractivity contribution in [2.75, 3.05) is 14.2 Å². The first-order valence-electron chi connectivity index (χ1n) is 3.49. The summed E-state index contributed by atoms with van der Waals surface area (Å²) in [4.78, 5) is 0. The molecule has 0 aromatic carbocycles. The number of nitrogens with zero attached hydrogens (tertiary/aromatic N) is 1. The summed E-state index contributed by atoms with van der Waals surface area (Å²) in [5.74, 6) is 1.39. The van der Waals surface area contributed by atoms with Gasteiger partial charge in [-0.15, -0.1) is 0 Å². The van der Waals surface area contributed by atoms with Gasteiger partial charge in [-0.3, -0.25) is 0 Å². The molecule has 0 spiro atoms. The van der Waals surface area contributed by atoms with Crippen molar-refractivity contribution >= 4 is 11.6 Å². The molecule has 0 aliphatic rings. The predicted octanol–water partition coefficient (Wildman–Crippen LogP) is -1.81. The van der Waals surface area contributed by atoms with Gasteiger partial charge in [0.15, 0.2) is 11.9 Å². The summed E-state index contributed by atoms with van der Waals surface area (Å²) < 4.78 is 11.9. The van der Waals surface area contributed by atoms with Crippen LogP contribution in [0.25, 0.3) is 0 Å². The number of methoxy groups -OCH3 is 2. The van der Waals surface area contributed by atoms with Gasteiger partial charge >= 0.3 is 0 Å². The van der Waals surface area contributed by atoms with E-state index in [4.69, 9.17) is 21.1 Å². The first-order valence-corrected chi connectivity index (χ1v) is 4.02. The number of alkyl halides is 1. The van der Waals surface area contributed by atoms with E-state index in [9.17, 15) is 0 Å². The first kappa shape index (κ1) is 12.3. The molecule has 0 bridgehead atoms. The Kier molecular flexibility index (Phi) is 5.58. The van der Waals surface area contributed by atoms with Gasteiger partial charge in [0, 0.05) is 6.07 Å². The highest BCUT2D eigenvalue weighted by Crippen LogP contribution is 2.22. The number of pyridine rings is 1. The van der Waals surface area contributed by atoms with Gasteiger partial charge in [-0.05, 0) is 0 Å². The van der Waals surface area contributed by atoms with Crippen LogP contribution in [0, 0.1) is 0 Å². The summed E-state index contributed by atoms with van der Waals surface area (Å²) in [6.07, 6.45) is 3.61. The first-order chi connectivity index (χ1) is 5.81. The zero-order valence-electron chi connectivity index (χ0n) is 7.46. The monoisotopic (exact) mass is 223 g/mol. The van der Waals surface area contributed by atoms with Gasteiger partial charge in [-0.2, -0.15) is 4.57 Å². The number of rotatable bonds is 3. The molecule has 5 heteroatoms. The summed E-state index contributed by atoms with van der Waals surface area (Å²) >= 11 is 5.62. The van der Waals surface area contributed by atoms with Crippen LogP contribution in [0.4, 0.5) is 0 Å². The minimum absolute atomic E-state index is 0. The Morgan fingerprint density at radius 1 is 1.31 bits per heavy atom. The number of ether oxygens (including phenoxy) is 2. The lowest BCUT2D eigenvalue weighted by Gasteiger charge is -2.03. The van der Waals surface area contributed by atoms with E-state index in [2.05, 4.69) is 0 Å². The lowest BCUT2D eigenvalue weighted by atomic mass is 10.4. The molecular weight excluding hydrogens is 213 g/mol. The molecule has 1 aromatic rings. The molecule has 0 saturated carbocycles. The quantitative estimate of drug-likeness (QED) is 0.446. The molecule has 0 N–H and O–H groups in total. The summed E-state index contributed by atoms with van der Waals surface area (Å²) in [6.45, 7) is 0. The van der Waals surface area contributed by atoms with E-state index in [1.54, 1.807) is 31.0 Å². The van der Waals surface area contributed by atoms with Crippen molar-refractivity contribution in [3.63, 3.8) is 0 Å². The Labute approximate surface area is 88.6 Å². The van der Waals surface area contributed by atoms with Crippen molar-refractivity contribution in [1.82, 2.24) is 0 Å². The molecule has 1 aromatic heterocycles. The summed E-state index contributed by atoms with van der Waals surface area (Å²) in [5, 5.41) is 0. The van der Waals surface area contributed by atoms with E-state index < -0.39 is 0 Å². The van der Waals surface area contributed by atoms with Crippen molar-refractivity contribution in [1.29, 1.82) is 0 Å². The van der Waals surface area contributed by atoms with E-state index in [0.29, 0.717) is 17.5 Å². The van der Waals surface area contributed by atoms with E-state index >= 15 is 0 Å². The van der Waals surface area contributed by atoms with E-state index in [1.807, 2.05) is 6.20 Å². The molecule has 74 valence electrons. The average molecular weight is 224 g/mol. The zero-order valence-corrected chi connectivity index (χ0v) is 8.97. The molecule has 0 unspecified atom stereocenters. The molecule has 13 heavy (non-hydrogen) atoms. The van der Waals surface area contributed by atoms with Crippen molar-refractivity contribution in [2.45, 2.75) is 6.00 Å². The Morgan fingerprint density at radius 3 is 2.38 bits per heavy atom. The fraction of sp³-hybridized carbons (Fsp3) is 0.375. The second-order valence-corrected chi connectivity index (χ2v) is 2.45. The van der Waals surface area contributed by atoms with Gasteiger partial charge in [0.25, 0.3) is 0 Å². The molecular formula is C8H11Cl2NO2. The Hall–Kier alpha value is -0.670. The molecule has 0 saturated heterocycles. The van der Waals surface area contributed by atoms with Crippen molar-refractivity contribution in [3.8, 4) is 11.5 Å². The summed E-state index contributed by atoms with van der Waals surface area (Å²) in [6, 6.07) is 2.21. The maximum atomic E-state index is 5.62. The van der Waals surface area contributed by atoms with Crippen LogP contribution in [-0.2, 0) is 6.00 Å². The normalized spacial score (nSPS) is 8.85. The van der Waals surface area contributed by atoms with Gasteiger partial charge in [0.2, 0.25) is 18.0 Å². The third-order valence-corrected chi connectivity index (χ3v) is 1.80. The Bertz CT molecular complexity index is 268. The highest BCUT2D eigenvalue weighted by Gasteiger charge is 2.08. The SMILES string of the molecule is COc1cc[n+](CCl)cc1OC.[Cl-]. The highest BCUT2D eigenvalue weighted by atomic mass is 35.5. The lowest BCUT2D eigenvalue weighted by Crippen LogP contribution is -3.00. The van der Waals surface area contributed by atoms with Crippen LogP contribution < -0.4 is 26.4 Å². The molecule has 0 radical (unpaired) electrons.